The molecule has 0 radical (unpaired) electrons. The van der Waals surface area contributed by atoms with Gasteiger partial charge in [0.2, 0.25) is 0 Å². The zero-order valence-corrected chi connectivity index (χ0v) is 13.6. The van der Waals surface area contributed by atoms with Crippen LogP contribution in [-0.4, -0.2) is 22.2 Å². The van der Waals surface area contributed by atoms with Gasteiger partial charge in [-0.15, -0.1) is 0 Å². The fraction of sp³-hybridized carbons (Fsp3) is 0.389. The van der Waals surface area contributed by atoms with Crippen LogP contribution < -0.4 is 10.9 Å². The van der Waals surface area contributed by atoms with Gasteiger partial charge in [-0.1, -0.05) is 25.0 Å². The average Bonchev–Trinajstić information content (AvgIpc) is 3.05. The van der Waals surface area contributed by atoms with E-state index in [4.69, 9.17) is 0 Å². The highest BCUT2D eigenvalue weighted by Gasteiger charge is 2.36. The summed E-state index contributed by atoms with van der Waals surface area (Å²) in [6.07, 6.45) is 3.95. The van der Waals surface area contributed by atoms with Crippen LogP contribution in [-0.2, 0) is 12.5 Å². The summed E-state index contributed by atoms with van der Waals surface area (Å²) >= 11 is 0. The lowest BCUT2D eigenvalue weighted by atomic mass is 9.78. The Hall–Kier alpha value is -2.50. The molecule has 3 rings (SSSR count). The van der Waals surface area contributed by atoms with E-state index in [-0.39, 0.29) is 28.4 Å². The minimum atomic E-state index is -0.326. The van der Waals surface area contributed by atoms with E-state index >= 15 is 0 Å². The zero-order valence-electron chi connectivity index (χ0n) is 13.6. The largest absolute Gasteiger partial charge is 0.350 e. The molecule has 1 aromatic heterocycles. The van der Waals surface area contributed by atoms with Crippen molar-refractivity contribution in [1.29, 1.82) is 0 Å². The first-order valence-electron chi connectivity index (χ1n) is 8.09. The third kappa shape index (κ3) is 3.22. The van der Waals surface area contributed by atoms with Crippen LogP contribution in [0.15, 0.2) is 41.2 Å². The Labute approximate surface area is 139 Å². The molecule has 1 aromatic carbocycles. The van der Waals surface area contributed by atoms with Gasteiger partial charge in [0, 0.05) is 25.1 Å². The van der Waals surface area contributed by atoms with E-state index in [0.29, 0.717) is 6.54 Å². The van der Waals surface area contributed by atoms with Crippen molar-refractivity contribution < 1.29 is 9.18 Å². The maximum atomic E-state index is 13.6. The van der Waals surface area contributed by atoms with Crippen molar-refractivity contribution in [1.82, 2.24) is 15.1 Å². The Morgan fingerprint density at radius 2 is 2.04 bits per heavy atom. The standard InChI is InChI=1S/C18H20FN3O2/c1-22-16(23)8-7-15(21-22)17(24)20-12-18(9-2-3-10-18)13-5-4-6-14(19)11-13/h4-8,11H,2-3,9-10,12H2,1H3,(H,20,24). The molecule has 1 fully saturated rings. The lowest BCUT2D eigenvalue weighted by Crippen LogP contribution is -2.39. The van der Waals surface area contributed by atoms with Crippen LogP contribution in [0.2, 0.25) is 0 Å². The molecule has 1 N–H and O–H groups in total. The SMILES string of the molecule is Cn1nc(C(=O)NCC2(c3cccc(F)c3)CCCC2)ccc1=O. The second-order valence-electron chi connectivity index (χ2n) is 6.36. The summed E-state index contributed by atoms with van der Waals surface area (Å²) in [6.45, 7) is 0.430. The molecule has 0 unspecified atom stereocenters. The van der Waals surface area contributed by atoms with E-state index in [9.17, 15) is 14.0 Å². The number of aryl methyl sites for hydroxylation is 1. The number of carbonyl (C=O) groups is 1. The molecule has 0 aliphatic heterocycles. The normalized spacial score (nSPS) is 16.1. The van der Waals surface area contributed by atoms with Crippen LogP contribution in [0.4, 0.5) is 4.39 Å². The number of hydrogen-bond donors (Lipinski definition) is 1. The van der Waals surface area contributed by atoms with Crippen molar-refractivity contribution in [2.45, 2.75) is 31.1 Å². The van der Waals surface area contributed by atoms with E-state index in [1.54, 1.807) is 12.1 Å². The van der Waals surface area contributed by atoms with Crippen LogP contribution in [0.5, 0.6) is 0 Å². The second-order valence-corrected chi connectivity index (χ2v) is 6.36. The molecule has 0 bridgehead atoms. The van der Waals surface area contributed by atoms with E-state index < -0.39 is 0 Å². The number of aromatic nitrogens is 2. The molecule has 2 aromatic rings. The van der Waals surface area contributed by atoms with E-state index in [1.165, 1.54) is 25.2 Å². The van der Waals surface area contributed by atoms with Gasteiger partial charge in [0.25, 0.3) is 11.5 Å². The van der Waals surface area contributed by atoms with Gasteiger partial charge in [0.15, 0.2) is 0 Å². The lowest BCUT2D eigenvalue weighted by molar-refractivity contribution is 0.0936. The minimum Gasteiger partial charge on any atom is -0.350 e. The molecule has 1 amide bonds. The Kier molecular flexibility index (Phi) is 4.46. The van der Waals surface area contributed by atoms with Crippen LogP contribution in [0.3, 0.4) is 0 Å². The summed E-state index contributed by atoms with van der Waals surface area (Å²) in [5, 5.41) is 6.87. The number of hydrogen-bond acceptors (Lipinski definition) is 3. The third-order valence-electron chi connectivity index (χ3n) is 4.78. The number of benzene rings is 1. The van der Waals surface area contributed by atoms with Gasteiger partial charge in [-0.2, -0.15) is 5.10 Å². The van der Waals surface area contributed by atoms with Gasteiger partial charge in [0.1, 0.15) is 11.5 Å². The maximum absolute atomic E-state index is 13.6. The molecule has 0 atom stereocenters. The molecule has 0 spiro atoms. The lowest BCUT2D eigenvalue weighted by Gasteiger charge is -2.30. The summed E-state index contributed by atoms with van der Waals surface area (Å²) in [5.41, 5.74) is 0.620. The number of nitrogens with zero attached hydrogens (tertiary/aromatic N) is 2. The second kappa shape index (κ2) is 6.55. The van der Waals surface area contributed by atoms with Crippen molar-refractivity contribution in [2.75, 3.05) is 6.54 Å². The van der Waals surface area contributed by atoms with E-state index in [0.717, 1.165) is 35.9 Å². The van der Waals surface area contributed by atoms with Crippen molar-refractivity contribution in [3.8, 4) is 0 Å². The van der Waals surface area contributed by atoms with Gasteiger partial charge in [0.05, 0.1) is 0 Å². The summed E-state index contributed by atoms with van der Waals surface area (Å²) in [4.78, 5) is 23.7. The van der Waals surface area contributed by atoms with Gasteiger partial charge in [-0.3, -0.25) is 9.59 Å². The molecule has 1 aliphatic carbocycles. The fourth-order valence-corrected chi connectivity index (χ4v) is 3.40. The molecular formula is C18H20FN3O2. The molecule has 5 nitrogen and oxygen atoms in total. The predicted octanol–water partition coefficient (Wildman–Crippen LogP) is 2.16. The van der Waals surface area contributed by atoms with Crippen LogP contribution in [0.25, 0.3) is 0 Å². The molecule has 6 heteroatoms. The van der Waals surface area contributed by atoms with Crippen LogP contribution in [0, 0.1) is 5.82 Å². The summed E-state index contributed by atoms with van der Waals surface area (Å²) < 4.78 is 14.7. The fourth-order valence-electron chi connectivity index (χ4n) is 3.40. The number of nitrogens with one attached hydrogen (secondary N) is 1. The van der Waals surface area contributed by atoms with E-state index in [2.05, 4.69) is 10.4 Å². The summed E-state index contributed by atoms with van der Waals surface area (Å²) in [5.74, 6) is -0.585. The zero-order chi connectivity index (χ0) is 17.2. The van der Waals surface area contributed by atoms with Gasteiger partial charge in [-0.05, 0) is 36.6 Å². The Morgan fingerprint density at radius 1 is 1.29 bits per heavy atom. The molecule has 1 aliphatic rings. The number of amides is 1. The smallest absolute Gasteiger partial charge is 0.271 e. The number of rotatable bonds is 4. The molecule has 1 saturated carbocycles. The van der Waals surface area contributed by atoms with Crippen LogP contribution >= 0.6 is 0 Å². The molecular weight excluding hydrogens is 309 g/mol. The molecule has 0 saturated heterocycles. The van der Waals surface area contributed by atoms with Crippen molar-refractivity contribution >= 4 is 5.91 Å². The van der Waals surface area contributed by atoms with Crippen molar-refractivity contribution in [3.05, 3.63) is 63.8 Å². The quantitative estimate of drug-likeness (QED) is 0.935. The maximum Gasteiger partial charge on any atom is 0.271 e. The molecule has 126 valence electrons. The monoisotopic (exact) mass is 329 g/mol. The number of halogens is 1. The Bertz CT molecular complexity index is 810. The first-order valence-corrected chi connectivity index (χ1v) is 8.09. The van der Waals surface area contributed by atoms with Crippen LogP contribution in [0.1, 0.15) is 41.7 Å². The highest BCUT2D eigenvalue weighted by Crippen LogP contribution is 2.40. The van der Waals surface area contributed by atoms with Crippen molar-refractivity contribution in [3.63, 3.8) is 0 Å². The Morgan fingerprint density at radius 3 is 2.71 bits per heavy atom. The highest BCUT2D eigenvalue weighted by molar-refractivity contribution is 5.92. The topological polar surface area (TPSA) is 64.0 Å². The van der Waals surface area contributed by atoms with Gasteiger partial charge in [-0.25, -0.2) is 9.07 Å². The highest BCUT2D eigenvalue weighted by atomic mass is 19.1. The Balaban J connectivity index is 1.78. The summed E-state index contributed by atoms with van der Waals surface area (Å²) in [6, 6.07) is 9.36. The first kappa shape index (κ1) is 16.4. The minimum absolute atomic E-state index is 0.199. The third-order valence-corrected chi connectivity index (χ3v) is 4.78. The predicted molar refractivity (Wildman–Crippen MR) is 88.4 cm³/mol. The van der Waals surface area contributed by atoms with Gasteiger partial charge < -0.3 is 5.32 Å². The molecule has 24 heavy (non-hydrogen) atoms. The van der Waals surface area contributed by atoms with Gasteiger partial charge >= 0.3 is 0 Å². The van der Waals surface area contributed by atoms with E-state index in [1.807, 2.05) is 6.07 Å². The number of carbonyl (C=O) groups excluding carboxylic acids is 1. The summed E-state index contributed by atoms with van der Waals surface area (Å²) in [7, 11) is 1.50. The first-order chi connectivity index (χ1) is 11.5. The van der Waals surface area contributed by atoms with Crippen molar-refractivity contribution in [2.24, 2.45) is 7.05 Å². The average molecular weight is 329 g/mol. The molecule has 1 heterocycles.